The second-order valence-corrected chi connectivity index (χ2v) is 8.55. The van der Waals surface area contributed by atoms with Gasteiger partial charge in [0, 0.05) is 24.0 Å². The molecule has 1 N–H and O–H groups in total. The van der Waals surface area contributed by atoms with Crippen LogP contribution in [0, 0.1) is 0 Å². The molecule has 5 heteroatoms. The third kappa shape index (κ3) is 6.69. The summed E-state index contributed by atoms with van der Waals surface area (Å²) < 4.78 is 0. The normalized spacial score (nSPS) is 11.8. The monoisotopic (exact) mass is 448 g/mol. The van der Waals surface area contributed by atoms with Crippen molar-refractivity contribution in [2.75, 3.05) is 0 Å². The van der Waals surface area contributed by atoms with E-state index in [0.29, 0.717) is 18.0 Å². The van der Waals surface area contributed by atoms with E-state index < -0.39 is 6.04 Å². The van der Waals surface area contributed by atoms with Crippen molar-refractivity contribution in [3.05, 3.63) is 107 Å². The van der Waals surface area contributed by atoms with Crippen molar-refractivity contribution in [3.8, 4) is 0 Å². The molecule has 166 valence electrons. The molecule has 0 bridgehead atoms. The molecule has 0 aliphatic heterocycles. The lowest BCUT2D eigenvalue weighted by atomic mass is 10.0. The molecule has 3 aromatic carbocycles. The molecule has 32 heavy (non-hydrogen) atoms. The lowest BCUT2D eigenvalue weighted by Gasteiger charge is -2.32. The van der Waals surface area contributed by atoms with Crippen LogP contribution in [0.5, 0.6) is 0 Å². The molecule has 0 aromatic heterocycles. The van der Waals surface area contributed by atoms with E-state index in [4.69, 9.17) is 11.6 Å². The minimum atomic E-state index is -0.644. The zero-order valence-electron chi connectivity index (χ0n) is 18.5. The standard InChI is InChI=1S/C27H29ClN2O2/c1-20(2)29-27(32)25(17-21-11-5-3-6-12-21)30(19-22-13-7-4-8-14-22)26(31)18-23-15-9-10-16-24(23)28/h3-16,20,25H,17-19H2,1-2H3,(H,29,32). The van der Waals surface area contributed by atoms with Gasteiger partial charge >= 0.3 is 0 Å². The highest BCUT2D eigenvalue weighted by Crippen LogP contribution is 2.20. The molecule has 0 saturated heterocycles. The topological polar surface area (TPSA) is 49.4 Å². The minimum Gasteiger partial charge on any atom is -0.352 e. The Morgan fingerprint density at radius 3 is 2.00 bits per heavy atom. The van der Waals surface area contributed by atoms with Crippen LogP contribution in [0.25, 0.3) is 0 Å². The lowest BCUT2D eigenvalue weighted by Crippen LogP contribution is -2.52. The summed E-state index contributed by atoms with van der Waals surface area (Å²) in [5.41, 5.74) is 2.72. The highest BCUT2D eigenvalue weighted by molar-refractivity contribution is 6.31. The van der Waals surface area contributed by atoms with Gasteiger partial charge in [0.05, 0.1) is 6.42 Å². The third-order valence-electron chi connectivity index (χ3n) is 5.20. The number of hydrogen-bond acceptors (Lipinski definition) is 2. The molecule has 4 nitrogen and oxygen atoms in total. The molecular weight excluding hydrogens is 420 g/mol. The molecule has 0 spiro atoms. The SMILES string of the molecule is CC(C)NC(=O)C(Cc1ccccc1)N(Cc1ccccc1)C(=O)Cc1ccccc1Cl. The van der Waals surface area contributed by atoms with Crippen molar-refractivity contribution >= 4 is 23.4 Å². The number of carbonyl (C=O) groups excluding carboxylic acids is 2. The Morgan fingerprint density at radius 1 is 0.844 bits per heavy atom. The summed E-state index contributed by atoms with van der Waals surface area (Å²) in [6, 6.07) is 26.2. The summed E-state index contributed by atoms with van der Waals surface area (Å²) in [6.45, 7) is 4.18. The third-order valence-corrected chi connectivity index (χ3v) is 5.57. The molecule has 0 aliphatic rings. The molecular formula is C27H29ClN2O2. The first-order chi connectivity index (χ1) is 15.4. The molecule has 0 aliphatic carbocycles. The summed E-state index contributed by atoms with van der Waals surface area (Å²) >= 11 is 6.32. The van der Waals surface area contributed by atoms with Gasteiger partial charge in [0.1, 0.15) is 6.04 Å². The number of rotatable bonds is 9. The van der Waals surface area contributed by atoms with Gasteiger partial charge in [-0.05, 0) is 36.6 Å². The number of amides is 2. The number of nitrogens with one attached hydrogen (secondary N) is 1. The van der Waals surface area contributed by atoms with E-state index in [1.54, 1.807) is 11.0 Å². The van der Waals surface area contributed by atoms with Crippen molar-refractivity contribution in [2.24, 2.45) is 0 Å². The highest BCUT2D eigenvalue weighted by atomic mass is 35.5. The molecule has 0 fully saturated rings. The first-order valence-electron chi connectivity index (χ1n) is 10.8. The van der Waals surface area contributed by atoms with Crippen molar-refractivity contribution < 1.29 is 9.59 Å². The molecule has 0 saturated carbocycles. The molecule has 1 atom stereocenters. The van der Waals surface area contributed by atoms with E-state index in [0.717, 1.165) is 16.7 Å². The molecule has 0 radical (unpaired) electrons. The first-order valence-corrected chi connectivity index (χ1v) is 11.2. The number of carbonyl (C=O) groups is 2. The summed E-state index contributed by atoms with van der Waals surface area (Å²) in [5.74, 6) is -0.297. The Hall–Kier alpha value is -3.11. The van der Waals surface area contributed by atoms with Gasteiger partial charge in [0.15, 0.2) is 0 Å². The van der Waals surface area contributed by atoms with Crippen LogP contribution in [-0.2, 0) is 29.0 Å². The van der Waals surface area contributed by atoms with Crippen LogP contribution < -0.4 is 5.32 Å². The molecule has 3 rings (SSSR count). The van der Waals surface area contributed by atoms with Gasteiger partial charge in [-0.25, -0.2) is 0 Å². The molecule has 1 unspecified atom stereocenters. The van der Waals surface area contributed by atoms with Gasteiger partial charge in [-0.15, -0.1) is 0 Å². The van der Waals surface area contributed by atoms with Gasteiger partial charge in [-0.1, -0.05) is 90.5 Å². The van der Waals surface area contributed by atoms with E-state index >= 15 is 0 Å². The van der Waals surface area contributed by atoms with Crippen molar-refractivity contribution in [2.45, 2.75) is 45.3 Å². The van der Waals surface area contributed by atoms with Crippen molar-refractivity contribution in [3.63, 3.8) is 0 Å². The van der Waals surface area contributed by atoms with Gasteiger partial charge < -0.3 is 10.2 Å². The second-order valence-electron chi connectivity index (χ2n) is 8.14. The largest absolute Gasteiger partial charge is 0.352 e. The van der Waals surface area contributed by atoms with Gasteiger partial charge in [-0.3, -0.25) is 9.59 Å². The molecule has 3 aromatic rings. The number of nitrogens with zero attached hydrogens (tertiary/aromatic N) is 1. The van der Waals surface area contributed by atoms with Crippen LogP contribution in [0.15, 0.2) is 84.9 Å². The number of hydrogen-bond donors (Lipinski definition) is 1. The molecule has 0 heterocycles. The lowest BCUT2D eigenvalue weighted by molar-refractivity contribution is -0.141. The zero-order valence-corrected chi connectivity index (χ0v) is 19.3. The molecule has 2 amide bonds. The maximum absolute atomic E-state index is 13.6. The van der Waals surface area contributed by atoms with Crippen LogP contribution in [0.4, 0.5) is 0 Å². The number of halogens is 1. The summed E-state index contributed by atoms with van der Waals surface area (Å²) in [5, 5.41) is 3.55. The predicted octanol–water partition coefficient (Wildman–Crippen LogP) is 5.05. The van der Waals surface area contributed by atoms with Crippen LogP contribution >= 0.6 is 11.6 Å². The second kappa shape index (κ2) is 11.5. The van der Waals surface area contributed by atoms with Crippen LogP contribution in [-0.4, -0.2) is 28.8 Å². The van der Waals surface area contributed by atoms with E-state index in [2.05, 4.69) is 5.32 Å². The van der Waals surface area contributed by atoms with Gasteiger partial charge in [0.2, 0.25) is 11.8 Å². The summed E-state index contributed by atoms with van der Waals surface area (Å²) in [7, 11) is 0. The average Bonchev–Trinajstić information content (AvgIpc) is 2.78. The van der Waals surface area contributed by atoms with E-state index in [1.165, 1.54) is 0 Å². The fourth-order valence-electron chi connectivity index (χ4n) is 3.62. The average molecular weight is 449 g/mol. The Labute approximate surface area is 195 Å². The fourth-order valence-corrected chi connectivity index (χ4v) is 3.82. The maximum atomic E-state index is 13.6. The van der Waals surface area contributed by atoms with E-state index in [-0.39, 0.29) is 24.3 Å². The maximum Gasteiger partial charge on any atom is 0.243 e. The predicted molar refractivity (Wildman–Crippen MR) is 129 cm³/mol. The quantitative estimate of drug-likeness (QED) is 0.498. The fraction of sp³-hybridized carbons (Fsp3) is 0.259. The van der Waals surface area contributed by atoms with Crippen molar-refractivity contribution in [1.82, 2.24) is 10.2 Å². The van der Waals surface area contributed by atoms with Crippen LogP contribution in [0.3, 0.4) is 0 Å². The van der Waals surface area contributed by atoms with Gasteiger partial charge in [0.25, 0.3) is 0 Å². The number of benzene rings is 3. The van der Waals surface area contributed by atoms with Gasteiger partial charge in [-0.2, -0.15) is 0 Å². The van der Waals surface area contributed by atoms with E-state index in [1.807, 2.05) is 92.7 Å². The zero-order chi connectivity index (χ0) is 22.9. The summed E-state index contributed by atoms with van der Waals surface area (Å²) in [6.07, 6.45) is 0.563. The Kier molecular flexibility index (Phi) is 8.46. The smallest absolute Gasteiger partial charge is 0.243 e. The highest BCUT2D eigenvalue weighted by Gasteiger charge is 2.30. The van der Waals surface area contributed by atoms with Crippen LogP contribution in [0.2, 0.25) is 5.02 Å². The van der Waals surface area contributed by atoms with E-state index in [9.17, 15) is 9.59 Å². The Morgan fingerprint density at radius 2 is 1.41 bits per heavy atom. The van der Waals surface area contributed by atoms with Crippen LogP contribution in [0.1, 0.15) is 30.5 Å². The Bertz CT molecular complexity index is 1020. The summed E-state index contributed by atoms with van der Waals surface area (Å²) in [4.78, 5) is 28.5. The first kappa shape index (κ1) is 23.6. The minimum absolute atomic E-state index is 0.0296. The Balaban J connectivity index is 1.96. The van der Waals surface area contributed by atoms with Crippen molar-refractivity contribution in [1.29, 1.82) is 0 Å².